The molecule has 1 aromatic carbocycles. The van der Waals surface area contributed by atoms with Gasteiger partial charge < -0.3 is 4.74 Å². The molecule has 1 aliphatic heterocycles. The van der Waals surface area contributed by atoms with Gasteiger partial charge in [0.25, 0.3) is 0 Å². The van der Waals surface area contributed by atoms with Crippen LogP contribution in [0.3, 0.4) is 0 Å². The zero-order valence-electron chi connectivity index (χ0n) is 10.7. The number of amidine groups is 1. The van der Waals surface area contributed by atoms with Crippen LogP contribution in [-0.2, 0) is 4.74 Å². The van der Waals surface area contributed by atoms with Crippen LogP contribution in [0.15, 0.2) is 24.3 Å². The summed E-state index contributed by atoms with van der Waals surface area (Å²) in [7, 11) is 1.39. The summed E-state index contributed by atoms with van der Waals surface area (Å²) >= 11 is 0. The average molecular weight is 247 g/mol. The van der Waals surface area contributed by atoms with Crippen LogP contribution in [0.2, 0.25) is 0 Å². The highest BCUT2D eigenvalue weighted by atomic mass is 16.5. The summed E-state index contributed by atoms with van der Waals surface area (Å²) in [5.74, 6) is 0.861. The van der Waals surface area contributed by atoms with Gasteiger partial charge in [-0.15, -0.1) is 0 Å². The van der Waals surface area contributed by atoms with Gasteiger partial charge in [0.05, 0.1) is 19.2 Å². The Morgan fingerprint density at radius 3 is 2.72 bits per heavy atom. The van der Waals surface area contributed by atoms with Gasteiger partial charge in [0.2, 0.25) is 5.84 Å². The first kappa shape index (κ1) is 12.6. The molecule has 2 N–H and O–H groups in total. The van der Waals surface area contributed by atoms with Gasteiger partial charge in [-0.2, -0.15) is 0 Å². The zero-order chi connectivity index (χ0) is 12.8. The second-order valence-electron chi connectivity index (χ2n) is 4.41. The van der Waals surface area contributed by atoms with Crippen molar-refractivity contribution in [2.24, 2.45) is 0 Å². The zero-order valence-corrected chi connectivity index (χ0v) is 10.7. The van der Waals surface area contributed by atoms with Gasteiger partial charge in [0.15, 0.2) is 0 Å². The molecule has 1 aliphatic rings. The summed E-state index contributed by atoms with van der Waals surface area (Å²) in [6, 6.07) is 7.33. The summed E-state index contributed by atoms with van der Waals surface area (Å²) in [4.78, 5) is 14.7. The number of benzene rings is 1. The highest BCUT2D eigenvalue weighted by molar-refractivity contribution is 5.93. The number of esters is 1. The number of carbonyl (C=O) groups is 1. The first-order valence-electron chi connectivity index (χ1n) is 6.34. The second-order valence-corrected chi connectivity index (χ2v) is 4.41. The summed E-state index contributed by atoms with van der Waals surface area (Å²) in [6.07, 6.45) is 4.78. The lowest BCUT2D eigenvalue weighted by Gasteiger charge is -2.02. The highest BCUT2D eigenvalue weighted by Gasteiger charge is 2.11. The smallest absolute Gasteiger partial charge is 0.337 e. The molecule has 1 heterocycles. The predicted octanol–water partition coefficient (Wildman–Crippen LogP) is 0.938. The highest BCUT2D eigenvalue weighted by Crippen LogP contribution is 2.11. The van der Waals surface area contributed by atoms with Crippen molar-refractivity contribution in [3.8, 4) is 0 Å². The number of nitrogens with one attached hydrogen (secondary N) is 2. The monoisotopic (exact) mass is 247 g/mol. The van der Waals surface area contributed by atoms with Gasteiger partial charge in [-0.05, 0) is 43.5 Å². The van der Waals surface area contributed by atoms with Gasteiger partial charge in [-0.25, -0.2) is 10.1 Å². The molecule has 0 saturated carbocycles. The van der Waals surface area contributed by atoms with Crippen LogP contribution in [0.25, 0.3) is 0 Å². The Morgan fingerprint density at radius 1 is 1.22 bits per heavy atom. The molecule has 0 saturated heterocycles. The summed E-state index contributed by atoms with van der Waals surface area (Å²) in [5, 5.41) is 3.36. The van der Waals surface area contributed by atoms with E-state index in [0.29, 0.717) is 5.56 Å². The first-order valence-corrected chi connectivity index (χ1v) is 6.34. The fourth-order valence-electron chi connectivity index (χ4n) is 2.02. The molecule has 18 heavy (non-hydrogen) atoms. The van der Waals surface area contributed by atoms with Crippen LogP contribution in [-0.4, -0.2) is 25.5 Å². The maximum atomic E-state index is 11.3. The van der Waals surface area contributed by atoms with Crippen molar-refractivity contribution in [1.29, 1.82) is 0 Å². The SMILES string of the molecule is COC(=O)c1ccc(NC2=[NH+]CCCCC2)cc1. The average Bonchev–Trinajstić information content (AvgIpc) is 2.67. The summed E-state index contributed by atoms with van der Waals surface area (Å²) in [5.41, 5.74) is 1.56. The van der Waals surface area contributed by atoms with Crippen LogP contribution in [0.5, 0.6) is 0 Å². The topological polar surface area (TPSA) is 52.3 Å². The molecule has 0 bridgehead atoms. The van der Waals surface area contributed by atoms with E-state index in [9.17, 15) is 4.79 Å². The second kappa shape index (κ2) is 6.19. The van der Waals surface area contributed by atoms with Gasteiger partial charge in [0.1, 0.15) is 5.69 Å². The van der Waals surface area contributed by atoms with E-state index in [4.69, 9.17) is 0 Å². The van der Waals surface area contributed by atoms with Gasteiger partial charge in [0, 0.05) is 6.42 Å². The van der Waals surface area contributed by atoms with Crippen molar-refractivity contribution in [3.63, 3.8) is 0 Å². The van der Waals surface area contributed by atoms with E-state index < -0.39 is 0 Å². The third kappa shape index (κ3) is 3.32. The van der Waals surface area contributed by atoms with Crippen LogP contribution in [0.4, 0.5) is 5.69 Å². The number of anilines is 1. The largest absolute Gasteiger partial charge is 0.465 e. The van der Waals surface area contributed by atoms with Crippen molar-refractivity contribution in [1.82, 2.24) is 0 Å². The van der Waals surface area contributed by atoms with Gasteiger partial charge in [-0.3, -0.25) is 4.99 Å². The molecule has 96 valence electrons. The van der Waals surface area contributed by atoms with Crippen molar-refractivity contribution in [2.75, 3.05) is 19.0 Å². The molecule has 0 amide bonds. The molecular weight excluding hydrogens is 228 g/mol. The predicted molar refractivity (Wildman–Crippen MR) is 70.7 cm³/mol. The Hall–Kier alpha value is -1.84. The molecule has 4 nitrogen and oxygen atoms in total. The Labute approximate surface area is 107 Å². The summed E-state index contributed by atoms with van der Waals surface area (Å²) in [6.45, 7) is 1.03. The number of methoxy groups -OCH3 is 1. The Bertz CT molecular complexity index is 438. The normalized spacial score (nSPS) is 15.5. The standard InChI is InChI=1S/C14H18N2O2/c1-18-14(17)11-6-8-12(9-7-11)16-13-5-3-2-4-10-15-13/h6-9H,2-5,10H2,1H3,(H,15,16)/p+1. The minimum Gasteiger partial charge on any atom is -0.465 e. The van der Waals surface area contributed by atoms with Crippen LogP contribution >= 0.6 is 0 Å². The molecule has 0 aliphatic carbocycles. The van der Waals surface area contributed by atoms with E-state index in [1.165, 1.54) is 32.2 Å². The van der Waals surface area contributed by atoms with E-state index in [0.717, 1.165) is 18.7 Å². The van der Waals surface area contributed by atoms with Crippen molar-refractivity contribution in [2.45, 2.75) is 25.7 Å². The fraction of sp³-hybridized carbons (Fsp3) is 0.429. The van der Waals surface area contributed by atoms with Crippen molar-refractivity contribution in [3.05, 3.63) is 29.8 Å². The Balaban J connectivity index is 2.01. The number of rotatable bonds is 2. The Kier molecular flexibility index (Phi) is 4.34. The molecule has 1 aromatic rings. The van der Waals surface area contributed by atoms with Crippen LogP contribution < -0.4 is 10.3 Å². The Morgan fingerprint density at radius 2 is 2.00 bits per heavy atom. The number of carbonyl (C=O) groups excluding carboxylic acids is 1. The molecule has 0 fully saturated rings. The van der Waals surface area contributed by atoms with Gasteiger partial charge >= 0.3 is 5.97 Å². The number of hydrogen-bond acceptors (Lipinski definition) is 3. The fourth-order valence-corrected chi connectivity index (χ4v) is 2.02. The van der Waals surface area contributed by atoms with Crippen LogP contribution in [0, 0.1) is 0 Å². The quantitative estimate of drug-likeness (QED) is 0.765. The third-order valence-corrected chi connectivity index (χ3v) is 3.04. The maximum absolute atomic E-state index is 11.3. The molecule has 0 aromatic heterocycles. The number of hydrogen-bond donors (Lipinski definition) is 2. The number of ether oxygens (including phenoxy) is 1. The lowest BCUT2D eigenvalue weighted by atomic mass is 10.2. The third-order valence-electron chi connectivity index (χ3n) is 3.04. The van der Waals surface area contributed by atoms with Crippen molar-refractivity contribution < 1.29 is 14.5 Å². The minimum atomic E-state index is -0.304. The molecule has 0 radical (unpaired) electrons. The molecular formula is C14H19N2O2+. The maximum Gasteiger partial charge on any atom is 0.337 e. The molecule has 0 spiro atoms. The van der Waals surface area contributed by atoms with Gasteiger partial charge in [-0.1, -0.05) is 0 Å². The van der Waals surface area contributed by atoms with E-state index in [1.54, 1.807) is 12.1 Å². The molecule has 4 heteroatoms. The molecule has 2 rings (SSSR count). The minimum absolute atomic E-state index is 0.304. The first-order chi connectivity index (χ1) is 8.79. The van der Waals surface area contributed by atoms with Crippen LogP contribution in [0.1, 0.15) is 36.0 Å². The van der Waals surface area contributed by atoms with E-state index in [2.05, 4.69) is 15.0 Å². The lowest BCUT2D eigenvalue weighted by Crippen LogP contribution is -2.74. The van der Waals surface area contributed by atoms with E-state index in [-0.39, 0.29) is 5.97 Å². The van der Waals surface area contributed by atoms with E-state index >= 15 is 0 Å². The van der Waals surface area contributed by atoms with Crippen molar-refractivity contribution >= 4 is 17.5 Å². The molecule has 0 unspecified atom stereocenters. The molecule has 0 atom stereocenters. The lowest BCUT2D eigenvalue weighted by molar-refractivity contribution is -0.457. The summed E-state index contributed by atoms with van der Waals surface area (Å²) < 4.78 is 4.67. The van der Waals surface area contributed by atoms with E-state index in [1.807, 2.05) is 12.1 Å².